The van der Waals surface area contributed by atoms with Crippen LogP contribution in [0.4, 0.5) is 0 Å². The van der Waals surface area contributed by atoms with Crippen molar-refractivity contribution < 1.29 is 4.79 Å². The van der Waals surface area contributed by atoms with Crippen molar-refractivity contribution in [3.63, 3.8) is 0 Å². The van der Waals surface area contributed by atoms with Gasteiger partial charge in [0, 0.05) is 11.3 Å². The lowest BCUT2D eigenvalue weighted by Gasteiger charge is -2.33. The minimum absolute atomic E-state index is 0.0688. The highest BCUT2D eigenvalue weighted by molar-refractivity contribution is 7.99. The third-order valence-electron chi connectivity index (χ3n) is 2.94. The standard InChI is InChI=1S/C17H25Cl2NOS/c1-16(2,3)11-17(4,5)20-15(21)10-22-9-12-6-7-13(18)14(19)8-12/h6-8H,9-11H2,1-5H3,(H,20,21). The molecule has 0 heterocycles. The Balaban J connectivity index is 2.41. The maximum absolute atomic E-state index is 12.1. The second-order valence-corrected chi connectivity index (χ2v) is 9.21. The Hall–Kier alpha value is -0.380. The SMILES string of the molecule is CC(C)(C)CC(C)(C)NC(=O)CSCc1ccc(Cl)c(Cl)c1. The number of carbonyl (C=O) groups excluding carboxylic acids is 1. The van der Waals surface area contributed by atoms with Gasteiger partial charge in [-0.1, -0.05) is 50.0 Å². The average Bonchev–Trinajstić information content (AvgIpc) is 2.29. The van der Waals surface area contributed by atoms with Gasteiger partial charge in [-0.15, -0.1) is 11.8 Å². The van der Waals surface area contributed by atoms with E-state index in [0.717, 1.165) is 17.7 Å². The summed E-state index contributed by atoms with van der Waals surface area (Å²) in [5.41, 5.74) is 1.06. The van der Waals surface area contributed by atoms with Crippen LogP contribution in [-0.4, -0.2) is 17.2 Å². The molecule has 0 atom stereocenters. The fourth-order valence-corrected chi connectivity index (χ4v) is 3.77. The minimum Gasteiger partial charge on any atom is -0.350 e. The van der Waals surface area contributed by atoms with Gasteiger partial charge in [0.1, 0.15) is 0 Å². The van der Waals surface area contributed by atoms with Crippen LogP contribution in [0, 0.1) is 5.41 Å². The minimum atomic E-state index is -0.195. The summed E-state index contributed by atoms with van der Waals surface area (Å²) in [6.07, 6.45) is 0.934. The molecule has 0 saturated carbocycles. The fourth-order valence-electron chi connectivity index (χ4n) is 2.67. The third-order valence-corrected chi connectivity index (χ3v) is 4.68. The van der Waals surface area contributed by atoms with E-state index in [1.807, 2.05) is 12.1 Å². The van der Waals surface area contributed by atoms with Crippen molar-refractivity contribution in [2.75, 3.05) is 5.75 Å². The number of benzene rings is 1. The number of amides is 1. The molecular weight excluding hydrogens is 337 g/mol. The Morgan fingerprint density at radius 1 is 1.14 bits per heavy atom. The molecule has 1 aromatic carbocycles. The normalized spacial score (nSPS) is 12.3. The maximum Gasteiger partial charge on any atom is 0.230 e. The molecule has 0 aliphatic heterocycles. The van der Waals surface area contributed by atoms with E-state index >= 15 is 0 Å². The molecule has 0 aliphatic carbocycles. The molecule has 1 N–H and O–H groups in total. The number of hydrogen-bond donors (Lipinski definition) is 1. The highest BCUT2D eigenvalue weighted by Crippen LogP contribution is 2.27. The summed E-state index contributed by atoms with van der Waals surface area (Å²) in [5.74, 6) is 1.25. The van der Waals surface area contributed by atoms with Crippen LogP contribution in [0.3, 0.4) is 0 Å². The van der Waals surface area contributed by atoms with Crippen LogP contribution in [-0.2, 0) is 10.5 Å². The second kappa shape index (κ2) is 7.94. The van der Waals surface area contributed by atoms with Gasteiger partial charge in [0.2, 0.25) is 5.91 Å². The first-order chi connectivity index (χ1) is 9.98. The highest BCUT2D eigenvalue weighted by atomic mass is 35.5. The molecule has 124 valence electrons. The molecule has 0 aromatic heterocycles. The van der Waals surface area contributed by atoms with E-state index in [1.54, 1.807) is 17.8 Å². The van der Waals surface area contributed by atoms with Crippen molar-refractivity contribution in [2.45, 2.75) is 52.3 Å². The molecule has 22 heavy (non-hydrogen) atoms. The summed E-state index contributed by atoms with van der Waals surface area (Å²) in [6.45, 7) is 10.7. The number of halogens is 2. The Morgan fingerprint density at radius 2 is 1.77 bits per heavy atom. The summed E-state index contributed by atoms with van der Waals surface area (Å²) >= 11 is 13.4. The van der Waals surface area contributed by atoms with Gasteiger partial charge < -0.3 is 5.32 Å². The lowest BCUT2D eigenvalue weighted by atomic mass is 9.82. The van der Waals surface area contributed by atoms with Gasteiger partial charge >= 0.3 is 0 Å². The molecular formula is C17H25Cl2NOS. The lowest BCUT2D eigenvalue weighted by molar-refractivity contribution is -0.120. The number of thioether (sulfide) groups is 1. The smallest absolute Gasteiger partial charge is 0.230 e. The Bertz CT molecular complexity index is 524. The monoisotopic (exact) mass is 361 g/mol. The average molecular weight is 362 g/mol. The Kier molecular flexibility index (Phi) is 7.10. The number of carbonyl (C=O) groups is 1. The summed E-state index contributed by atoms with van der Waals surface area (Å²) < 4.78 is 0. The summed E-state index contributed by atoms with van der Waals surface area (Å²) in [7, 11) is 0. The largest absolute Gasteiger partial charge is 0.350 e. The topological polar surface area (TPSA) is 29.1 Å². The molecule has 0 spiro atoms. The van der Waals surface area contributed by atoms with Gasteiger partial charge in [-0.3, -0.25) is 4.79 Å². The van der Waals surface area contributed by atoms with E-state index in [2.05, 4.69) is 39.9 Å². The van der Waals surface area contributed by atoms with Crippen LogP contribution in [0.25, 0.3) is 0 Å². The first-order valence-corrected chi connectivity index (χ1v) is 9.22. The fraction of sp³-hybridized carbons (Fsp3) is 0.588. The van der Waals surface area contributed by atoms with Crippen LogP contribution < -0.4 is 5.32 Å². The molecule has 0 radical (unpaired) electrons. The molecule has 0 saturated heterocycles. The van der Waals surface area contributed by atoms with Crippen molar-refractivity contribution in [1.82, 2.24) is 5.32 Å². The van der Waals surface area contributed by atoms with E-state index in [0.29, 0.717) is 15.8 Å². The van der Waals surface area contributed by atoms with Crippen LogP contribution in [0.2, 0.25) is 10.0 Å². The zero-order valence-corrected chi connectivity index (χ0v) is 16.3. The van der Waals surface area contributed by atoms with Gasteiger partial charge in [0.05, 0.1) is 15.8 Å². The molecule has 5 heteroatoms. The van der Waals surface area contributed by atoms with Gasteiger partial charge in [0.25, 0.3) is 0 Å². The molecule has 0 unspecified atom stereocenters. The van der Waals surface area contributed by atoms with Crippen LogP contribution in [0.15, 0.2) is 18.2 Å². The molecule has 1 aromatic rings. The van der Waals surface area contributed by atoms with Crippen LogP contribution >= 0.6 is 35.0 Å². The lowest BCUT2D eigenvalue weighted by Crippen LogP contribution is -2.46. The molecule has 1 rings (SSSR count). The first kappa shape index (κ1) is 19.7. The molecule has 0 bridgehead atoms. The van der Waals surface area contributed by atoms with Gasteiger partial charge in [-0.2, -0.15) is 0 Å². The molecule has 1 amide bonds. The Labute approximate surface area is 148 Å². The maximum atomic E-state index is 12.1. The van der Waals surface area contributed by atoms with E-state index in [9.17, 15) is 4.79 Å². The van der Waals surface area contributed by atoms with E-state index in [4.69, 9.17) is 23.2 Å². The predicted molar refractivity (Wildman–Crippen MR) is 98.9 cm³/mol. The molecule has 2 nitrogen and oxygen atoms in total. The number of rotatable bonds is 6. The molecule has 0 fully saturated rings. The number of hydrogen-bond acceptors (Lipinski definition) is 2. The summed E-state index contributed by atoms with van der Waals surface area (Å²) in [6, 6.07) is 5.56. The second-order valence-electron chi connectivity index (χ2n) is 7.41. The van der Waals surface area contributed by atoms with Crippen molar-refractivity contribution >= 4 is 40.9 Å². The molecule has 0 aliphatic rings. The third kappa shape index (κ3) is 7.75. The van der Waals surface area contributed by atoms with E-state index < -0.39 is 0 Å². The summed E-state index contributed by atoms with van der Waals surface area (Å²) in [5, 5.41) is 4.22. The van der Waals surface area contributed by atoms with Crippen molar-refractivity contribution in [3.8, 4) is 0 Å². The first-order valence-electron chi connectivity index (χ1n) is 7.31. The van der Waals surface area contributed by atoms with Crippen molar-refractivity contribution in [2.24, 2.45) is 5.41 Å². The Morgan fingerprint density at radius 3 is 2.32 bits per heavy atom. The van der Waals surface area contributed by atoms with Gasteiger partial charge in [-0.25, -0.2) is 0 Å². The summed E-state index contributed by atoms with van der Waals surface area (Å²) in [4.78, 5) is 12.1. The van der Waals surface area contributed by atoms with Crippen LogP contribution in [0.5, 0.6) is 0 Å². The van der Waals surface area contributed by atoms with Crippen molar-refractivity contribution in [1.29, 1.82) is 0 Å². The predicted octanol–water partition coefficient (Wildman–Crippen LogP) is 5.56. The van der Waals surface area contributed by atoms with E-state index in [1.165, 1.54) is 0 Å². The van der Waals surface area contributed by atoms with Gasteiger partial charge in [0.15, 0.2) is 0 Å². The highest BCUT2D eigenvalue weighted by Gasteiger charge is 2.26. The van der Waals surface area contributed by atoms with Crippen molar-refractivity contribution in [3.05, 3.63) is 33.8 Å². The van der Waals surface area contributed by atoms with E-state index in [-0.39, 0.29) is 16.9 Å². The zero-order chi connectivity index (χ0) is 17.0. The zero-order valence-electron chi connectivity index (χ0n) is 13.9. The number of nitrogens with one attached hydrogen (secondary N) is 1. The van der Waals surface area contributed by atoms with Crippen LogP contribution in [0.1, 0.15) is 46.6 Å². The quantitative estimate of drug-likeness (QED) is 0.718. The van der Waals surface area contributed by atoms with Gasteiger partial charge in [-0.05, 0) is 43.4 Å².